The minimum absolute atomic E-state index is 0.0125. The van der Waals surface area contributed by atoms with Crippen LogP contribution in [0.25, 0.3) is 0 Å². The van der Waals surface area contributed by atoms with E-state index in [0.717, 1.165) is 12.3 Å². The van der Waals surface area contributed by atoms with Gasteiger partial charge in [-0.05, 0) is 12.8 Å². The molecule has 1 rings (SSSR count). The molecule has 1 unspecified atom stereocenters. The normalized spacial score (nSPS) is 19.4. The van der Waals surface area contributed by atoms with Gasteiger partial charge < -0.3 is 10.8 Å². The van der Waals surface area contributed by atoms with Crippen molar-refractivity contribution in [3.05, 3.63) is 24.6 Å². The smallest absolute Gasteiger partial charge is 0.360 e. The Labute approximate surface area is 159 Å². The number of unbranched alkanes of at least 4 members (excludes halogenated alkanes) is 9. The number of amidine groups is 1. The van der Waals surface area contributed by atoms with E-state index in [4.69, 9.17) is 5.73 Å². The molecule has 0 amide bonds. The zero-order valence-electron chi connectivity index (χ0n) is 16.5. The van der Waals surface area contributed by atoms with Crippen molar-refractivity contribution in [1.82, 2.24) is 0 Å². The molecule has 0 bridgehead atoms. The maximum absolute atomic E-state index is 11.2. The molecule has 0 aliphatic carbocycles. The number of aliphatic imine (C=N–C) groups is 1. The first kappa shape index (κ1) is 22.6. The van der Waals surface area contributed by atoms with Gasteiger partial charge >= 0.3 is 5.97 Å². The standard InChI is InChI=1S/C21H37N3O2/c1-2-3-4-5-6-7-8-9-10-11-12-13-14-20-23-16-18-24(20,17-15-22)19-21(25)26/h12-13,16,18H,2-11,14-15,17,19,22H2,1H3/p+1/b13-12+. The van der Waals surface area contributed by atoms with Gasteiger partial charge in [-0.15, -0.1) is 0 Å². The molecule has 5 nitrogen and oxygen atoms in total. The number of quaternary nitrogens is 1. The fourth-order valence-electron chi connectivity index (χ4n) is 3.46. The zero-order valence-corrected chi connectivity index (χ0v) is 16.5. The molecule has 0 aromatic heterocycles. The van der Waals surface area contributed by atoms with Crippen molar-refractivity contribution in [2.75, 3.05) is 19.6 Å². The first-order valence-corrected chi connectivity index (χ1v) is 10.3. The van der Waals surface area contributed by atoms with Gasteiger partial charge in [-0.2, -0.15) is 0 Å². The Morgan fingerprint density at radius 1 is 1.12 bits per heavy atom. The number of carboxylic acid groups (broad SMARTS) is 1. The summed E-state index contributed by atoms with van der Waals surface area (Å²) in [5.41, 5.74) is 5.68. The van der Waals surface area contributed by atoms with Gasteiger partial charge in [0.15, 0.2) is 6.54 Å². The van der Waals surface area contributed by atoms with Gasteiger partial charge in [0.05, 0.1) is 12.6 Å². The van der Waals surface area contributed by atoms with Crippen molar-refractivity contribution in [2.45, 2.75) is 77.6 Å². The van der Waals surface area contributed by atoms with E-state index in [1.807, 2.05) is 6.20 Å². The van der Waals surface area contributed by atoms with E-state index in [0.29, 0.717) is 19.5 Å². The highest BCUT2D eigenvalue weighted by Crippen LogP contribution is 2.19. The second-order valence-corrected chi connectivity index (χ2v) is 7.23. The van der Waals surface area contributed by atoms with Gasteiger partial charge in [-0.1, -0.05) is 70.4 Å². The Hall–Kier alpha value is -1.46. The van der Waals surface area contributed by atoms with Gasteiger partial charge in [0.25, 0.3) is 0 Å². The van der Waals surface area contributed by atoms with E-state index in [1.165, 1.54) is 57.8 Å². The Bertz CT molecular complexity index is 486. The Morgan fingerprint density at radius 2 is 1.77 bits per heavy atom. The highest BCUT2D eigenvalue weighted by Gasteiger charge is 2.36. The third-order valence-corrected chi connectivity index (χ3v) is 4.98. The number of carbonyl (C=O) groups is 1. The monoisotopic (exact) mass is 364 g/mol. The van der Waals surface area contributed by atoms with E-state index in [-0.39, 0.29) is 11.0 Å². The summed E-state index contributed by atoms with van der Waals surface area (Å²) in [6.07, 6.45) is 21.8. The second-order valence-electron chi connectivity index (χ2n) is 7.23. The molecule has 0 spiro atoms. The molecule has 3 N–H and O–H groups in total. The lowest BCUT2D eigenvalue weighted by atomic mass is 10.1. The molecule has 0 saturated carbocycles. The predicted molar refractivity (Wildman–Crippen MR) is 109 cm³/mol. The lowest BCUT2D eigenvalue weighted by molar-refractivity contribution is -0.777. The van der Waals surface area contributed by atoms with E-state index in [1.54, 1.807) is 6.20 Å². The molecular weight excluding hydrogens is 326 g/mol. The second kappa shape index (κ2) is 13.7. The van der Waals surface area contributed by atoms with Crippen LogP contribution in [0.3, 0.4) is 0 Å². The molecular formula is C21H38N3O2+. The lowest BCUT2D eigenvalue weighted by Crippen LogP contribution is -2.52. The highest BCUT2D eigenvalue weighted by atomic mass is 16.4. The molecule has 148 valence electrons. The molecule has 0 aromatic rings. The van der Waals surface area contributed by atoms with E-state index in [2.05, 4.69) is 24.1 Å². The maximum Gasteiger partial charge on any atom is 0.360 e. The van der Waals surface area contributed by atoms with Crippen LogP contribution in [0.1, 0.15) is 77.6 Å². The molecule has 1 atom stereocenters. The average Bonchev–Trinajstić information content (AvgIpc) is 2.97. The van der Waals surface area contributed by atoms with Crippen LogP contribution in [0.5, 0.6) is 0 Å². The number of carboxylic acids is 1. The summed E-state index contributed by atoms with van der Waals surface area (Å²) in [5.74, 6) is 0.0533. The third kappa shape index (κ3) is 8.77. The third-order valence-electron chi connectivity index (χ3n) is 4.98. The van der Waals surface area contributed by atoms with Gasteiger partial charge in [-0.3, -0.25) is 0 Å². The largest absolute Gasteiger partial charge is 0.477 e. The summed E-state index contributed by atoms with van der Waals surface area (Å²) in [6, 6.07) is 0. The summed E-state index contributed by atoms with van der Waals surface area (Å²) in [7, 11) is 0. The van der Waals surface area contributed by atoms with Crippen molar-refractivity contribution in [2.24, 2.45) is 10.7 Å². The fraction of sp³-hybridized carbons (Fsp3) is 0.714. The van der Waals surface area contributed by atoms with Crippen LogP contribution in [-0.2, 0) is 4.79 Å². The molecule has 0 aromatic carbocycles. The summed E-state index contributed by atoms with van der Waals surface area (Å²) in [5, 5.41) is 9.19. The SMILES string of the molecule is CCCCCCCCCCC/C=C/CC1=NC=C[N+]1(CCN)CC(=O)O. The van der Waals surface area contributed by atoms with Crippen molar-refractivity contribution < 1.29 is 14.4 Å². The Morgan fingerprint density at radius 3 is 2.38 bits per heavy atom. The van der Waals surface area contributed by atoms with E-state index in [9.17, 15) is 9.90 Å². The highest BCUT2D eigenvalue weighted by molar-refractivity contribution is 5.82. The summed E-state index contributed by atoms with van der Waals surface area (Å²) in [6.45, 7) is 3.29. The van der Waals surface area contributed by atoms with E-state index >= 15 is 0 Å². The number of aliphatic carboxylic acids is 1. The van der Waals surface area contributed by atoms with Crippen LogP contribution in [-0.4, -0.2) is 41.0 Å². The minimum Gasteiger partial charge on any atom is -0.477 e. The van der Waals surface area contributed by atoms with Crippen molar-refractivity contribution >= 4 is 11.8 Å². The van der Waals surface area contributed by atoms with Crippen LogP contribution < -0.4 is 5.73 Å². The molecule has 1 heterocycles. The number of hydrogen-bond donors (Lipinski definition) is 2. The van der Waals surface area contributed by atoms with Crippen LogP contribution in [0, 0.1) is 0 Å². The van der Waals surface area contributed by atoms with E-state index < -0.39 is 5.97 Å². The zero-order chi connectivity index (χ0) is 19.1. The molecule has 0 radical (unpaired) electrons. The lowest BCUT2D eigenvalue weighted by Gasteiger charge is -2.29. The molecule has 0 fully saturated rings. The van der Waals surface area contributed by atoms with Gasteiger partial charge in [-0.25, -0.2) is 14.3 Å². The first-order chi connectivity index (χ1) is 12.6. The molecule has 26 heavy (non-hydrogen) atoms. The maximum atomic E-state index is 11.2. The van der Waals surface area contributed by atoms with Crippen molar-refractivity contribution in [1.29, 1.82) is 0 Å². The summed E-state index contributed by atoms with van der Waals surface area (Å²) in [4.78, 5) is 15.6. The Balaban J connectivity index is 2.18. The number of nitrogens with zero attached hydrogens (tertiary/aromatic N) is 2. The summed E-state index contributed by atoms with van der Waals surface area (Å²) < 4.78 is 0.258. The summed E-state index contributed by atoms with van der Waals surface area (Å²) >= 11 is 0. The Kier molecular flexibility index (Phi) is 11.9. The molecule has 5 heteroatoms. The number of allylic oxidation sites excluding steroid dienone is 1. The van der Waals surface area contributed by atoms with Crippen LogP contribution >= 0.6 is 0 Å². The molecule has 0 saturated heterocycles. The molecule has 1 aliphatic heterocycles. The number of hydrogen-bond acceptors (Lipinski definition) is 3. The quantitative estimate of drug-likeness (QED) is 0.239. The van der Waals surface area contributed by atoms with Crippen molar-refractivity contribution in [3.8, 4) is 0 Å². The van der Waals surface area contributed by atoms with Gasteiger partial charge in [0.2, 0.25) is 5.84 Å². The minimum atomic E-state index is -0.823. The first-order valence-electron chi connectivity index (χ1n) is 10.3. The predicted octanol–water partition coefficient (Wildman–Crippen LogP) is 4.60. The number of nitrogens with two attached hydrogens (primary N) is 1. The van der Waals surface area contributed by atoms with Crippen molar-refractivity contribution in [3.63, 3.8) is 0 Å². The fourth-order valence-corrected chi connectivity index (χ4v) is 3.46. The van der Waals surface area contributed by atoms with Crippen LogP contribution in [0.15, 0.2) is 29.5 Å². The average molecular weight is 365 g/mol. The van der Waals surface area contributed by atoms with Crippen LogP contribution in [0.2, 0.25) is 0 Å². The van der Waals surface area contributed by atoms with Gasteiger partial charge in [0.1, 0.15) is 12.7 Å². The van der Waals surface area contributed by atoms with Crippen LogP contribution in [0.4, 0.5) is 0 Å². The number of rotatable bonds is 16. The topological polar surface area (TPSA) is 75.7 Å². The van der Waals surface area contributed by atoms with Gasteiger partial charge in [0, 0.05) is 6.54 Å². The molecule has 1 aliphatic rings.